The molecular weight excluding hydrogens is 152 g/mol. The minimum Gasteiger partial charge on any atom is -0.265 e. The highest BCUT2D eigenvalue weighted by molar-refractivity contribution is 4.90. The summed E-state index contributed by atoms with van der Waals surface area (Å²) in [6.07, 6.45) is 7.08. The molecule has 0 unspecified atom stereocenters. The fraction of sp³-hybridized carbons (Fsp3) is 0.125. The van der Waals surface area contributed by atoms with Crippen molar-refractivity contribution >= 4 is 0 Å². The van der Waals surface area contributed by atoms with Gasteiger partial charge in [0.1, 0.15) is 12.4 Å². The van der Waals surface area contributed by atoms with E-state index in [-0.39, 0.29) is 0 Å². The van der Waals surface area contributed by atoms with E-state index in [1.165, 1.54) is 0 Å². The average molecular weight is 160 g/mol. The van der Waals surface area contributed by atoms with Crippen molar-refractivity contribution < 1.29 is 0 Å². The summed E-state index contributed by atoms with van der Waals surface area (Å²) in [4.78, 5) is 8.16. The molecule has 0 radical (unpaired) electrons. The molecule has 0 aliphatic rings. The molecule has 0 saturated heterocycles. The van der Waals surface area contributed by atoms with Crippen LogP contribution in [0.2, 0.25) is 0 Å². The smallest absolute Gasteiger partial charge is 0.149 e. The maximum Gasteiger partial charge on any atom is 0.149 e. The molecule has 0 spiro atoms. The highest BCUT2D eigenvalue weighted by Crippen LogP contribution is 1.91. The van der Waals surface area contributed by atoms with Crippen molar-refractivity contribution in [1.82, 2.24) is 19.7 Å². The van der Waals surface area contributed by atoms with Crippen molar-refractivity contribution in [3.63, 3.8) is 0 Å². The van der Waals surface area contributed by atoms with Gasteiger partial charge in [0.05, 0.1) is 0 Å². The lowest BCUT2D eigenvalue weighted by Crippen LogP contribution is -2.03. The molecule has 60 valence electrons. The number of nitrogens with zero attached hydrogens (tertiary/aromatic N) is 4. The second-order valence-electron chi connectivity index (χ2n) is 2.37. The van der Waals surface area contributed by atoms with Crippen LogP contribution in [0.5, 0.6) is 0 Å². The summed E-state index contributed by atoms with van der Waals surface area (Å²) in [7, 11) is 0. The van der Waals surface area contributed by atoms with Gasteiger partial charge in [0, 0.05) is 24.8 Å². The van der Waals surface area contributed by atoms with Gasteiger partial charge in [-0.05, 0) is 12.1 Å². The zero-order valence-corrected chi connectivity index (χ0v) is 6.46. The first kappa shape index (κ1) is 6.97. The maximum absolute atomic E-state index is 4.08. The van der Waals surface area contributed by atoms with Crippen LogP contribution >= 0.6 is 0 Å². The second-order valence-corrected chi connectivity index (χ2v) is 2.37. The van der Waals surface area contributed by atoms with Gasteiger partial charge in [0.2, 0.25) is 0 Å². The van der Waals surface area contributed by atoms with Crippen LogP contribution < -0.4 is 0 Å². The summed E-state index contributed by atoms with van der Waals surface area (Å²) in [5.74, 6) is 0.779. The Hall–Kier alpha value is -1.71. The molecule has 2 rings (SSSR count). The van der Waals surface area contributed by atoms with E-state index < -0.39 is 0 Å². The van der Waals surface area contributed by atoms with Crippen LogP contribution in [0.4, 0.5) is 0 Å². The van der Waals surface area contributed by atoms with Crippen LogP contribution in [0.15, 0.2) is 36.9 Å². The number of hydrogen-bond donors (Lipinski definition) is 0. The van der Waals surface area contributed by atoms with E-state index >= 15 is 0 Å². The van der Waals surface area contributed by atoms with Crippen LogP contribution in [0.1, 0.15) is 5.82 Å². The molecule has 4 heteroatoms. The predicted octanol–water partition coefficient (Wildman–Crippen LogP) is 0.721. The summed E-state index contributed by atoms with van der Waals surface area (Å²) in [6, 6.07) is 3.68. The van der Waals surface area contributed by atoms with Crippen LogP contribution in [-0.2, 0) is 6.54 Å². The lowest BCUT2D eigenvalue weighted by Gasteiger charge is -1.97. The molecule has 0 saturated carbocycles. The molecule has 0 bridgehead atoms. The third-order valence-corrected chi connectivity index (χ3v) is 1.48. The molecule has 0 aliphatic carbocycles. The van der Waals surface area contributed by atoms with Gasteiger partial charge >= 0.3 is 0 Å². The van der Waals surface area contributed by atoms with E-state index in [0.29, 0.717) is 6.54 Å². The summed E-state index contributed by atoms with van der Waals surface area (Å²) < 4.78 is 1.79. The molecule has 0 N–H and O–H groups in total. The topological polar surface area (TPSA) is 43.6 Å². The maximum atomic E-state index is 4.08. The van der Waals surface area contributed by atoms with Crippen LogP contribution in [-0.4, -0.2) is 19.7 Å². The van der Waals surface area contributed by atoms with E-state index in [0.717, 1.165) is 5.82 Å². The number of aromatic nitrogens is 4. The molecule has 0 atom stereocenters. The summed E-state index contributed by atoms with van der Waals surface area (Å²) in [5.41, 5.74) is 0. The van der Waals surface area contributed by atoms with Crippen molar-refractivity contribution in [2.45, 2.75) is 6.54 Å². The zero-order chi connectivity index (χ0) is 8.23. The Kier molecular flexibility index (Phi) is 1.82. The Morgan fingerprint density at radius 1 is 1.08 bits per heavy atom. The first-order valence-corrected chi connectivity index (χ1v) is 3.68. The first-order chi connectivity index (χ1) is 5.95. The predicted molar refractivity (Wildman–Crippen MR) is 43.4 cm³/mol. The van der Waals surface area contributed by atoms with Gasteiger partial charge in [-0.1, -0.05) is 0 Å². The van der Waals surface area contributed by atoms with Crippen LogP contribution in [0.3, 0.4) is 0 Å². The van der Waals surface area contributed by atoms with Crippen LogP contribution in [0.25, 0.3) is 0 Å². The Labute approximate surface area is 69.9 Å². The zero-order valence-electron chi connectivity index (χ0n) is 6.46. The molecule has 0 amide bonds. The lowest BCUT2D eigenvalue weighted by molar-refractivity contribution is 0.655. The Morgan fingerprint density at radius 2 is 1.92 bits per heavy atom. The average Bonchev–Trinajstić information content (AvgIpc) is 2.59. The van der Waals surface area contributed by atoms with Gasteiger partial charge in [-0.25, -0.2) is 9.97 Å². The molecule has 2 aromatic heterocycles. The highest BCUT2D eigenvalue weighted by Gasteiger charge is 1.94. The van der Waals surface area contributed by atoms with Gasteiger partial charge in [-0.15, -0.1) is 0 Å². The number of rotatable bonds is 2. The number of hydrogen-bond acceptors (Lipinski definition) is 3. The highest BCUT2D eigenvalue weighted by atomic mass is 15.3. The largest absolute Gasteiger partial charge is 0.265 e. The summed E-state index contributed by atoms with van der Waals surface area (Å²) in [6.45, 7) is 0.633. The summed E-state index contributed by atoms with van der Waals surface area (Å²) in [5, 5.41) is 4.05. The van der Waals surface area contributed by atoms with E-state index in [4.69, 9.17) is 0 Å². The van der Waals surface area contributed by atoms with Gasteiger partial charge in [0.15, 0.2) is 0 Å². The Morgan fingerprint density at radius 3 is 2.58 bits per heavy atom. The summed E-state index contributed by atoms with van der Waals surface area (Å²) >= 11 is 0. The molecule has 0 fully saturated rings. The third kappa shape index (κ3) is 1.47. The third-order valence-electron chi connectivity index (χ3n) is 1.48. The molecule has 0 aliphatic heterocycles. The van der Waals surface area contributed by atoms with Crippen molar-refractivity contribution in [2.24, 2.45) is 0 Å². The van der Waals surface area contributed by atoms with E-state index in [2.05, 4.69) is 15.1 Å². The first-order valence-electron chi connectivity index (χ1n) is 3.68. The Bertz CT molecular complexity index is 327. The minimum absolute atomic E-state index is 0.633. The molecule has 4 nitrogen and oxygen atoms in total. The quantitative estimate of drug-likeness (QED) is 0.650. The molecule has 0 aromatic carbocycles. The molecule has 12 heavy (non-hydrogen) atoms. The fourth-order valence-electron chi connectivity index (χ4n) is 0.950. The second kappa shape index (κ2) is 3.13. The van der Waals surface area contributed by atoms with Crippen molar-refractivity contribution in [3.05, 3.63) is 42.7 Å². The van der Waals surface area contributed by atoms with Gasteiger partial charge in [-0.2, -0.15) is 5.10 Å². The Balaban J connectivity index is 2.15. The normalized spacial score (nSPS) is 10.0. The van der Waals surface area contributed by atoms with E-state index in [1.807, 2.05) is 12.3 Å². The minimum atomic E-state index is 0.633. The van der Waals surface area contributed by atoms with Crippen molar-refractivity contribution in [3.8, 4) is 0 Å². The van der Waals surface area contributed by atoms with Gasteiger partial charge in [-0.3, -0.25) is 4.68 Å². The van der Waals surface area contributed by atoms with Crippen LogP contribution in [0, 0.1) is 0 Å². The monoisotopic (exact) mass is 160 g/mol. The molecule has 2 aromatic rings. The van der Waals surface area contributed by atoms with Gasteiger partial charge in [0.25, 0.3) is 0 Å². The van der Waals surface area contributed by atoms with Gasteiger partial charge < -0.3 is 0 Å². The molecular formula is C8H8N4. The van der Waals surface area contributed by atoms with Crippen molar-refractivity contribution in [1.29, 1.82) is 0 Å². The van der Waals surface area contributed by atoms with E-state index in [1.54, 1.807) is 29.3 Å². The molecule has 2 heterocycles. The fourth-order valence-corrected chi connectivity index (χ4v) is 0.950. The lowest BCUT2D eigenvalue weighted by atomic mass is 10.5. The SMILES string of the molecule is c1cnc(Cn2cccn2)nc1. The standard InChI is InChI=1S/C8H8N4/c1-3-9-8(10-4-1)7-12-6-2-5-11-12/h1-6H,7H2. The van der Waals surface area contributed by atoms with E-state index in [9.17, 15) is 0 Å². The van der Waals surface area contributed by atoms with Crippen molar-refractivity contribution in [2.75, 3.05) is 0 Å².